The first-order valence-electron chi connectivity index (χ1n) is 15.5. The number of allylic oxidation sites excluding steroid dienone is 4. The highest BCUT2D eigenvalue weighted by atomic mass is 35.5. The Morgan fingerprint density at radius 1 is 1.02 bits per heavy atom. The van der Waals surface area contributed by atoms with Crippen LogP contribution in [0.5, 0.6) is 0 Å². The Labute approximate surface area is 249 Å². The SMILES string of the molecule is C=Cc1ccc(NCCNC)cc1CNC.CCC1CCNCC1.N#CC1=C(Cl)C=C(CC2CCCCC2)CC1. The van der Waals surface area contributed by atoms with Gasteiger partial charge in [-0.15, -0.1) is 0 Å². The number of likely N-dealkylation sites (N-methyl/N-ethyl adjacent to an activating group) is 1. The van der Waals surface area contributed by atoms with Crippen molar-refractivity contribution < 1.29 is 0 Å². The first kappa shape index (κ1) is 34.1. The molecule has 0 atom stereocenters. The van der Waals surface area contributed by atoms with Crippen molar-refractivity contribution in [3.8, 4) is 6.07 Å². The van der Waals surface area contributed by atoms with Crippen LogP contribution in [0.2, 0.25) is 0 Å². The molecule has 1 saturated carbocycles. The molecule has 0 spiro atoms. The largest absolute Gasteiger partial charge is 0.384 e. The van der Waals surface area contributed by atoms with Gasteiger partial charge >= 0.3 is 0 Å². The Kier molecular flexibility index (Phi) is 17.7. The Hall–Kier alpha value is -2.10. The number of anilines is 1. The van der Waals surface area contributed by atoms with Crippen LogP contribution in [-0.2, 0) is 6.54 Å². The zero-order valence-corrected chi connectivity index (χ0v) is 26.1. The summed E-state index contributed by atoms with van der Waals surface area (Å²) >= 11 is 6.08. The second-order valence-electron chi connectivity index (χ2n) is 11.2. The smallest absolute Gasteiger partial charge is 0.0962 e. The van der Waals surface area contributed by atoms with Crippen molar-refractivity contribution in [2.75, 3.05) is 45.6 Å². The standard InChI is InChI=1S/C14H18ClN.C13H21N3.C7H15N/c15-14-9-12(6-7-13(14)10-16)8-11-4-2-1-3-5-11;1-4-11-5-6-13(16-8-7-14-2)9-12(11)10-15-3;1-2-7-3-5-8-6-4-7/h9,11H,1-8H2;4-6,9,14-16H,1,7-8,10H2,2-3H3;7-8H,2-6H2,1H3. The number of rotatable bonds is 10. The molecule has 1 heterocycles. The molecule has 2 aliphatic carbocycles. The van der Waals surface area contributed by atoms with Gasteiger partial charge in [0.05, 0.1) is 11.1 Å². The molecule has 6 heteroatoms. The molecular formula is C34H54ClN5. The quantitative estimate of drug-likeness (QED) is 0.217. The van der Waals surface area contributed by atoms with Crippen LogP contribution in [-0.4, -0.2) is 40.3 Å². The van der Waals surface area contributed by atoms with E-state index >= 15 is 0 Å². The molecule has 2 fully saturated rings. The Bertz CT molecular complexity index is 965. The number of hydrogen-bond donors (Lipinski definition) is 4. The lowest BCUT2D eigenvalue weighted by atomic mass is 9.82. The Morgan fingerprint density at radius 2 is 1.77 bits per heavy atom. The average Bonchev–Trinajstić information content (AvgIpc) is 2.99. The minimum Gasteiger partial charge on any atom is -0.384 e. The molecule has 1 saturated heterocycles. The third-order valence-electron chi connectivity index (χ3n) is 8.20. The molecule has 5 nitrogen and oxygen atoms in total. The van der Waals surface area contributed by atoms with Gasteiger partial charge in [-0.05, 0) is 100 Å². The second kappa shape index (κ2) is 20.7. The molecule has 4 N–H and O–H groups in total. The summed E-state index contributed by atoms with van der Waals surface area (Å²) in [5.74, 6) is 1.89. The molecular weight excluding hydrogens is 514 g/mol. The number of nitrogens with zero attached hydrogens (tertiary/aromatic N) is 1. The van der Waals surface area contributed by atoms with Gasteiger partial charge in [-0.25, -0.2) is 0 Å². The Balaban J connectivity index is 0.000000222. The molecule has 1 aromatic carbocycles. The molecule has 0 unspecified atom stereocenters. The van der Waals surface area contributed by atoms with E-state index < -0.39 is 0 Å². The van der Waals surface area contributed by atoms with Gasteiger partial charge in [-0.2, -0.15) is 5.26 Å². The van der Waals surface area contributed by atoms with E-state index in [1.165, 1.54) is 87.6 Å². The number of benzene rings is 1. The summed E-state index contributed by atoms with van der Waals surface area (Å²) in [7, 11) is 3.91. The summed E-state index contributed by atoms with van der Waals surface area (Å²) in [4.78, 5) is 0. The topological polar surface area (TPSA) is 71.9 Å². The van der Waals surface area contributed by atoms with Gasteiger partial charge in [0.2, 0.25) is 0 Å². The van der Waals surface area contributed by atoms with Crippen LogP contribution in [0, 0.1) is 23.2 Å². The predicted molar refractivity (Wildman–Crippen MR) is 175 cm³/mol. The molecule has 4 rings (SSSR count). The molecule has 40 heavy (non-hydrogen) atoms. The first-order valence-corrected chi connectivity index (χ1v) is 15.9. The minimum atomic E-state index is 0.680. The van der Waals surface area contributed by atoms with Crippen LogP contribution >= 0.6 is 11.6 Å². The van der Waals surface area contributed by atoms with Crippen LogP contribution in [0.1, 0.15) is 88.7 Å². The van der Waals surface area contributed by atoms with Crippen molar-refractivity contribution in [2.45, 2.75) is 84.1 Å². The fraction of sp³-hybridized carbons (Fsp3) is 0.618. The van der Waals surface area contributed by atoms with Gasteiger partial charge in [-0.1, -0.05) is 81.3 Å². The van der Waals surface area contributed by atoms with Gasteiger partial charge in [-0.3, -0.25) is 0 Å². The Morgan fingerprint density at radius 3 is 2.35 bits per heavy atom. The first-order chi connectivity index (χ1) is 19.5. The highest BCUT2D eigenvalue weighted by Gasteiger charge is 2.18. The van der Waals surface area contributed by atoms with Gasteiger partial charge in [0, 0.05) is 30.9 Å². The van der Waals surface area contributed by atoms with Crippen LogP contribution in [0.15, 0.2) is 47.0 Å². The van der Waals surface area contributed by atoms with Crippen LogP contribution < -0.4 is 21.3 Å². The van der Waals surface area contributed by atoms with Crippen molar-refractivity contribution in [3.05, 3.63) is 58.2 Å². The van der Waals surface area contributed by atoms with E-state index in [0.717, 1.165) is 55.6 Å². The van der Waals surface area contributed by atoms with Gasteiger partial charge in [0.25, 0.3) is 0 Å². The van der Waals surface area contributed by atoms with Crippen molar-refractivity contribution in [1.82, 2.24) is 16.0 Å². The van der Waals surface area contributed by atoms with Gasteiger partial charge in [0.15, 0.2) is 0 Å². The number of nitriles is 1. The van der Waals surface area contributed by atoms with E-state index in [9.17, 15) is 0 Å². The number of hydrogen-bond acceptors (Lipinski definition) is 5. The fourth-order valence-corrected chi connectivity index (χ4v) is 5.95. The lowest BCUT2D eigenvalue weighted by molar-refractivity contribution is 0.353. The monoisotopic (exact) mass is 567 g/mol. The highest BCUT2D eigenvalue weighted by Crippen LogP contribution is 2.34. The zero-order valence-electron chi connectivity index (χ0n) is 25.4. The third-order valence-corrected chi connectivity index (χ3v) is 8.53. The molecule has 0 amide bonds. The second-order valence-corrected chi connectivity index (χ2v) is 11.6. The molecule has 0 aromatic heterocycles. The average molecular weight is 568 g/mol. The van der Waals surface area contributed by atoms with E-state index in [4.69, 9.17) is 16.9 Å². The van der Waals surface area contributed by atoms with Crippen LogP contribution in [0.3, 0.4) is 0 Å². The fourth-order valence-electron chi connectivity index (χ4n) is 5.66. The minimum absolute atomic E-state index is 0.680. The van der Waals surface area contributed by atoms with E-state index in [1.807, 2.05) is 26.2 Å². The van der Waals surface area contributed by atoms with E-state index in [0.29, 0.717) is 5.03 Å². The summed E-state index contributed by atoms with van der Waals surface area (Å²) < 4.78 is 0. The predicted octanol–water partition coefficient (Wildman–Crippen LogP) is 7.77. The lowest BCUT2D eigenvalue weighted by Crippen LogP contribution is -2.27. The van der Waals surface area contributed by atoms with Crippen molar-refractivity contribution in [2.24, 2.45) is 11.8 Å². The number of nitrogens with one attached hydrogen (secondary N) is 4. The van der Waals surface area contributed by atoms with Crippen LogP contribution in [0.25, 0.3) is 6.08 Å². The number of piperidine rings is 1. The summed E-state index contributed by atoms with van der Waals surface area (Å²) in [6.45, 7) is 11.4. The normalized spacial score (nSPS) is 17.9. The highest BCUT2D eigenvalue weighted by molar-refractivity contribution is 6.32. The van der Waals surface area contributed by atoms with Gasteiger partial charge in [0.1, 0.15) is 0 Å². The van der Waals surface area contributed by atoms with Crippen molar-refractivity contribution >= 4 is 23.4 Å². The number of halogens is 1. The van der Waals surface area contributed by atoms with Crippen LogP contribution in [0.4, 0.5) is 5.69 Å². The summed E-state index contributed by atoms with van der Waals surface area (Å²) in [6.07, 6.45) is 18.1. The molecule has 1 aromatic rings. The summed E-state index contributed by atoms with van der Waals surface area (Å²) in [6, 6.07) is 8.54. The molecule has 0 bridgehead atoms. The van der Waals surface area contributed by atoms with E-state index in [2.05, 4.69) is 59.0 Å². The van der Waals surface area contributed by atoms with E-state index in [1.54, 1.807) is 0 Å². The molecule has 222 valence electrons. The molecule has 3 aliphatic rings. The van der Waals surface area contributed by atoms with Crippen molar-refractivity contribution in [3.63, 3.8) is 0 Å². The zero-order chi connectivity index (χ0) is 29.0. The lowest BCUT2D eigenvalue weighted by Gasteiger charge is -2.24. The third kappa shape index (κ3) is 13.0. The van der Waals surface area contributed by atoms with Gasteiger partial charge < -0.3 is 21.3 Å². The van der Waals surface area contributed by atoms with Crippen molar-refractivity contribution in [1.29, 1.82) is 5.26 Å². The maximum Gasteiger partial charge on any atom is 0.0962 e. The maximum absolute atomic E-state index is 8.85. The summed E-state index contributed by atoms with van der Waals surface area (Å²) in [5, 5.41) is 22.5. The maximum atomic E-state index is 8.85. The molecule has 1 aliphatic heterocycles. The molecule has 0 radical (unpaired) electrons. The van der Waals surface area contributed by atoms with E-state index in [-0.39, 0.29) is 0 Å². The summed E-state index contributed by atoms with van der Waals surface area (Å²) in [5.41, 5.74) is 5.83.